The molecule has 4 nitrogen and oxygen atoms in total. The van der Waals surface area contributed by atoms with Crippen LogP contribution >= 0.6 is 0 Å². The Morgan fingerprint density at radius 2 is 1.67 bits per heavy atom. The number of carbonyl (C=O) groups excluding carboxylic acids is 1. The highest BCUT2D eigenvalue weighted by Crippen LogP contribution is 2.37. The van der Waals surface area contributed by atoms with E-state index in [2.05, 4.69) is 0 Å². The molecule has 1 heterocycles. The largest absolute Gasteiger partial charge is 0.496 e. The van der Waals surface area contributed by atoms with E-state index < -0.39 is 18.3 Å². The van der Waals surface area contributed by atoms with E-state index in [9.17, 15) is 4.79 Å². The summed E-state index contributed by atoms with van der Waals surface area (Å²) in [6.45, 7) is 11.5. The maximum Gasteiger partial charge on any atom is 0.494 e. The zero-order valence-corrected chi connectivity index (χ0v) is 13.9. The van der Waals surface area contributed by atoms with Crippen LogP contribution in [-0.2, 0) is 9.31 Å². The number of hydrogen-bond donors (Lipinski definition) is 0. The predicted octanol–water partition coefficient (Wildman–Crippen LogP) is 2.51. The van der Waals surface area contributed by atoms with Crippen molar-refractivity contribution >= 4 is 18.4 Å². The van der Waals surface area contributed by atoms with Gasteiger partial charge in [0.05, 0.1) is 23.9 Å². The first-order chi connectivity index (χ1) is 9.59. The van der Waals surface area contributed by atoms with Crippen molar-refractivity contribution in [2.24, 2.45) is 0 Å². The van der Waals surface area contributed by atoms with Crippen LogP contribution < -0.4 is 10.2 Å². The Bertz CT molecular complexity index is 562. The molecule has 1 aromatic rings. The molecule has 1 fully saturated rings. The summed E-state index contributed by atoms with van der Waals surface area (Å²) in [6.07, 6.45) is 0. The molecule has 1 aliphatic rings. The molecule has 1 aromatic carbocycles. The molecule has 1 aliphatic heterocycles. The maximum atomic E-state index is 11.7. The first kappa shape index (κ1) is 16.1. The van der Waals surface area contributed by atoms with Crippen LogP contribution in [0.15, 0.2) is 12.1 Å². The Hall–Kier alpha value is -1.33. The number of hydrogen-bond acceptors (Lipinski definition) is 4. The van der Waals surface area contributed by atoms with E-state index in [4.69, 9.17) is 14.0 Å². The molecule has 114 valence electrons. The summed E-state index contributed by atoms with van der Waals surface area (Å²) < 4.78 is 17.4. The minimum atomic E-state index is -0.455. The van der Waals surface area contributed by atoms with Gasteiger partial charge in [0.15, 0.2) is 5.78 Å². The van der Waals surface area contributed by atoms with Crippen LogP contribution in [0.1, 0.15) is 50.5 Å². The van der Waals surface area contributed by atoms with Gasteiger partial charge in [0, 0.05) is 0 Å². The fraction of sp³-hybridized carbons (Fsp3) is 0.562. The van der Waals surface area contributed by atoms with Gasteiger partial charge in [-0.1, -0.05) is 6.07 Å². The zero-order valence-electron chi connectivity index (χ0n) is 13.9. The quantitative estimate of drug-likeness (QED) is 0.634. The van der Waals surface area contributed by atoms with E-state index in [0.717, 1.165) is 11.0 Å². The zero-order chi connectivity index (χ0) is 16.0. The third kappa shape index (κ3) is 2.72. The summed E-state index contributed by atoms with van der Waals surface area (Å²) >= 11 is 0. The molecule has 0 aliphatic carbocycles. The van der Waals surface area contributed by atoms with Crippen LogP contribution in [0.5, 0.6) is 5.75 Å². The number of ether oxygens (including phenoxy) is 1. The fourth-order valence-electron chi connectivity index (χ4n) is 2.51. The van der Waals surface area contributed by atoms with E-state index in [1.165, 1.54) is 0 Å². The summed E-state index contributed by atoms with van der Waals surface area (Å²) in [5.74, 6) is 0.553. The van der Waals surface area contributed by atoms with Crippen molar-refractivity contribution in [2.45, 2.75) is 52.7 Å². The first-order valence-electron chi connectivity index (χ1n) is 7.14. The van der Waals surface area contributed by atoms with Gasteiger partial charge in [-0.15, -0.1) is 0 Å². The molecule has 0 aromatic heterocycles. The fourth-order valence-corrected chi connectivity index (χ4v) is 2.51. The molecule has 0 radical (unpaired) electrons. The van der Waals surface area contributed by atoms with Gasteiger partial charge in [-0.05, 0) is 58.6 Å². The van der Waals surface area contributed by atoms with E-state index in [0.29, 0.717) is 11.3 Å². The monoisotopic (exact) mass is 290 g/mol. The molecule has 5 heteroatoms. The lowest BCUT2D eigenvalue weighted by molar-refractivity contribution is 0.00578. The van der Waals surface area contributed by atoms with Crippen molar-refractivity contribution in [1.29, 1.82) is 0 Å². The molecule has 21 heavy (non-hydrogen) atoms. The first-order valence-corrected chi connectivity index (χ1v) is 7.14. The van der Waals surface area contributed by atoms with Gasteiger partial charge in [0.2, 0.25) is 0 Å². The topological polar surface area (TPSA) is 44.8 Å². The lowest BCUT2D eigenvalue weighted by atomic mass is 9.77. The number of methoxy groups -OCH3 is 1. The second kappa shape index (κ2) is 5.14. The average molecular weight is 290 g/mol. The van der Waals surface area contributed by atoms with E-state index in [-0.39, 0.29) is 5.78 Å². The number of rotatable bonds is 3. The van der Waals surface area contributed by atoms with Crippen LogP contribution in [0.25, 0.3) is 0 Å². The summed E-state index contributed by atoms with van der Waals surface area (Å²) in [5.41, 5.74) is 1.56. The van der Waals surface area contributed by atoms with E-state index in [1.807, 2.05) is 46.8 Å². The van der Waals surface area contributed by atoms with Gasteiger partial charge < -0.3 is 14.0 Å². The third-order valence-electron chi connectivity index (χ3n) is 4.42. The normalized spacial score (nSPS) is 19.7. The number of carbonyl (C=O) groups is 1. The Labute approximate surface area is 126 Å². The number of Topliss-reactive ketones (excluding diaryl/α,β-unsaturated/α-hetero) is 1. The van der Waals surface area contributed by atoms with Crippen molar-refractivity contribution in [3.05, 3.63) is 23.3 Å². The Kier molecular flexibility index (Phi) is 3.93. The highest BCUT2D eigenvalue weighted by Gasteiger charge is 2.51. The lowest BCUT2D eigenvalue weighted by Gasteiger charge is -2.32. The van der Waals surface area contributed by atoms with Gasteiger partial charge in [0.25, 0.3) is 0 Å². The lowest BCUT2D eigenvalue weighted by Crippen LogP contribution is -2.41. The number of benzene rings is 1. The Morgan fingerprint density at radius 1 is 1.14 bits per heavy atom. The van der Waals surface area contributed by atoms with Gasteiger partial charge in [-0.25, -0.2) is 0 Å². The minimum Gasteiger partial charge on any atom is -0.496 e. The molecular formula is C16H23BO4. The maximum absolute atomic E-state index is 11.7. The van der Waals surface area contributed by atoms with Crippen LogP contribution in [0, 0.1) is 6.92 Å². The summed E-state index contributed by atoms with van der Waals surface area (Å²) in [4.78, 5) is 11.7. The highest BCUT2D eigenvalue weighted by molar-refractivity contribution is 6.62. The van der Waals surface area contributed by atoms with Gasteiger partial charge in [-0.3, -0.25) is 4.79 Å². The van der Waals surface area contributed by atoms with Crippen molar-refractivity contribution < 1.29 is 18.8 Å². The Balaban J connectivity index is 2.44. The van der Waals surface area contributed by atoms with Crippen molar-refractivity contribution in [3.63, 3.8) is 0 Å². The molecule has 2 rings (SSSR count). The average Bonchev–Trinajstić information content (AvgIpc) is 2.56. The van der Waals surface area contributed by atoms with Crippen LogP contribution in [0.3, 0.4) is 0 Å². The summed E-state index contributed by atoms with van der Waals surface area (Å²) in [6, 6.07) is 3.76. The predicted molar refractivity (Wildman–Crippen MR) is 83.5 cm³/mol. The molecule has 0 saturated carbocycles. The summed E-state index contributed by atoms with van der Waals surface area (Å²) in [5, 5.41) is 0. The number of aryl methyl sites for hydroxylation is 1. The van der Waals surface area contributed by atoms with Crippen molar-refractivity contribution in [1.82, 2.24) is 0 Å². The smallest absolute Gasteiger partial charge is 0.494 e. The van der Waals surface area contributed by atoms with Crippen molar-refractivity contribution in [2.75, 3.05) is 7.11 Å². The van der Waals surface area contributed by atoms with Crippen LogP contribution in [-0.4, -0.2) is 31.2 Å². The van der Waals surface area contributed by atoms with Crippen LogP contribution in [0.4, 0.5) is 0 Å². The molecule has 0 unspecified atom stereocenters. The molecule has 0 atom stereocenters. The second-order valence-electron chi connectivity index (χ2n) is 6.56. The number of ketones is 1. The second-order valence-corrected chi connectivity index (χ2v) is 6.56. The molecule has 0 amide bonds. The van der Waals surface area contributed by atoms with Gasteiger partial charge in [0.1, 0.15) is 5.75 Å². The molecule has 1 saturated heterocycles. The third-order valence-corrected chi connectivity index (χ3v) is 4.42. The minimum absolute atomic E-state index is 0.00943. The van der Waals surface area contributed by atoms with Gasteiger partial charge in [-0.2, -0.15) is 0 Å². The molecular weight excluding hydrogens is 267 g/mol. The standard InChI is InChI=1S/C16H23BO4/c1-10-8-12(9-13(19-7)14(10)11(2)18)17-20-15(3,4)16(5,6)21-17/h8-9H,1-7H3. The SMILES string of the molecule is COc1cc(B2OC(C)(C)C(C)(C)O2)cc(C)c1C(C)=O. The molecule has 0 bridgehead atoms. The van der Waals surface area contributed by atoms with E-state index >= 15 is 0 Å². The van der Waals surface area contributed by atoms with E-state index in [1.54, 1.807) is 14.0 Å². The van der Waals surface area contributed by atoms with Crippen LogP contribution in [0.2, 0.25) is 0 Å². The van der Waals surface area contributed by atoms with Gasteiger partial charge >= 0.3 is 7.12 Å². The molecule has 0 spiro atoms. The van der Waals surface area contributed by atoms with Crippen molar-refractivity contribution in [3.8, 4) is 5.75 Å². The Morgan fingerprint density at radius 3 is 2.10 bits per heavy atom. The summed E-state index contributed by atoms with van der Waals surface area (Å²) in [7, 11) is 1.11. The highest BCUT2D eigenvalue weighted by atomic mass is 16.7. The molecule has 0 N–H and O–H groups in total.